The first-order valence-electron chi connectivity index (χ1n) is 6.32. The summed E-state index contributed by atoms with van der Waals surface area (Å²) >= 11 is 5.99. The minimum Gasteiger partial charge on any atom is -0.384 e. The first-order valence-corrected chi connectivity index (χ1v) is 6.70. The lowest BCUT2D eigenvalue weighted by atomic mass is 10.1. The Labute approximate surface area is 122 Å². The SMILES string of the molecule is Cc1cc(Cl)ccc1-c1cc(N)n(-c2ccccc2)n1. The number of nitrogens with zero attached hydrogens (tertiary/aromatic N) is 2. The van der Waals surface area contributed by atoms with Gasteiger partial charge in [0.2, 0.25) is 0 Å². The van der Waals surface area contributed by atoms with Crippen molar-refractivity contribution < 1.29 is 0 Å². The average Bonchev–Trinajstić information content (AvgIpc) is 2.81. The fourth-order valence-electron chi connectivity index (χ4n) is 2.22. The molecule has 0 aliphatic rings. The van der Waals surface area contributed by atoms with Crippen molar-refractivity contribution in [1.29, 1.82) is 0 Å². The molecule has 0 saturated carbocycles. The number of anilines is 1. The molecule has 0 bridgehead atoms. The van der Waals surface area contributed by atoms with Gasteiger partial charge in [-0.2, -0.15) is 5.10 Å². The van der Waals surface area contributed by atoms with Crippen LogP contribution < -0.4 is 5.73 Å². The number of benzene rings is 2. The lowest BCUT2D eigenvalue weighted by molar-refractivity contribution is 0.895. The summed E-state index contributed by atoms with van der Waals surface area (Å²) in [5, 5.41) is 5.31. The topological polar surface area (TPSA) is 43.8 Å². The summed E-state index contributed by atoms with van der Waals surface area (Å²) < 4.78 is 1.74. The Bertz CT molecular complexity index is 748. The predicted molar refractivity (Wildman–Crippen MR) is 83.2 cm³/mol. The van der Waals surface area contributed by atoms with E-state index in [9.17, 15) is 0 Å². The molecule has 2 aromatic carbocycles. The number of nitrogen functional groups attached to an aromatic ring is 1. The summed E-state index contributed by atoms with van der Waals surface area (Å²) in [6, 6.07) is 17.5. The van der Waals surface area contributed by atoms with E-state index in [4.69, 9.17) is 17.3 Å². The van der Waals surface area contributed by atoms with E-state index in [0.29, 0.717) is 5.82 Å². The van der Waals surface area contributed by atoms with Gasteiger partial charge in [-0.15, -0.1) is 0 Å². The third-order valence-electron chi connectivity index (χ3n) is 3.20. The van der Waals surface area contributed by atoms with E-state index in [1.54, 1.807) is 4.68 Å². The van der Waals surface area contributed by atoms with Crippen LogP contribution in [0.2, 0.25) is 5.02 Å². The van der Waals surface area contributed by atoms with E-state index in [-0.39, 0.29) is 0 Å². The molecule has 0 radical (unpaired) electrons. The van der Waals surface area contributed by atoms with Crippen molar-refractivity contribution in [3.05, 3.63) is 65.2 Å². The highest BCUT2D eigenvalue weighted by Crippen LogP contribution is 2.27. The van der Waals surface area contributed by atoms with Gasteiger partial charge in [0.15, 0.2) is 0 Å². The summed E-state index contributed by atoms with van der Waals surface area (Å²) in [7, 11) is 0. The molecule has 0 unspecified atom stereocenters. The maximum absolute atomic E-state index is 6.07. The molecule has 100 valence electrons. The van der Waals surface area contributed by atoms with Crippen molar-refractivity contribution in [3.63, 3.8) is 0 Å². The van der Waals surface area contributed by atoms with Crippen LogP contribution >= 0.6 is 11.6 Å². The quantitative estimate of drug-likeness (QED) is 0.770. The maximum atomic E-state index is 6.07. The molecule has 0 spiro atoms. The lowest BCUT2D eigenvalue weighted by Crippen LogP contribution is -2.01. The Hall–Kier alpha value is -2.26. The van der Waals surface area contributed by atoms with Gasteiger partial charge < -0.3 is 5.73 Å². The predicted octanol–water partition coefficient (Wildman–Crippen LogP) is 4.08. The van der Waals surface area contributed by atoms with E-state index >= 15 is 0 Å². The summed E-state index contributed by atoms with van der Waals surface area (Å²) in [6.07, 6.45) is 0. The van der Waals surface area contributed by atoms with Crippen molar-refractivity contribution in [2.75, 3.05) is 5.73 Å². The van der Waals surface area contributed by atoms with Crippen LogP contribution in [0.25, 0.3) is 16.9 Å². The fourth-order valence-corrected chi connectivity index (χ4v) is 2.44. The van der Waals surface area contributed by atoms with Gasteiger partial charge in [0, 0.05) is 16.7 Å². The summed E-state index contributed by atoms with van der Waals surface area (Å²) in [5.41, 5.74) is 9.98. The molecule has 2 N–H and O–H groups in total. The highest BCUT2D eigenvalue weighted by atomic mass is 35.5. The van der Waals surface area contributed by atoms with E-state index in [1.807, 2.05) is 61.5 Å². The summed E-state index contributed by atoms with van der Waals surface area (Å²) in [6.45, 7) is 2.01. The number of nitrogens with two attached hydrogens (primary N) is 1. The zero-order chi connectivity index (χ0) is 14.1. The van der Waals surface area contributed by atoms with Crippen LogP contribution in [-0.2, 0) is 0 Å². The largest absolute Gasteiger partial charge is 0.384 e. The van der Waals surface area contributed by atoms with Crippen LogP contribution in [0, 0.1) is 6.92 Å². The normalized spacial score (nSPS) is 10.7. The van der Waals surface area contributed by atoms with Crippen LogP contribution in [0.5, 0.6) is 0 Å². The summed E-state index contributed by atoms with van der Waals surface area (Å²) in [5.74, 6) is 0.612. The molecular weight excluding hydrogens is 270 g/mol. The molecule has 0 saturated heterocycles. The number of hydrogen-bond acceptors (Lipinski definition) is 2. The molecule has 3 nitrogen and oxygen atoms in total. The van der Waals surface area contributed by atoms with Gasteiger partial charge in [0.1, 0.15) is 5.82 Å². The highest BCUT2D eigenvalue weighted by Gasteiger charge is 2.10. The zero-order valence-corrected chi connectivity index (χ0v) is 11.8. The van der Waals surface area contributed by atoms with Gasteiger partial charge >= 0.3 is 0 Å². The summed E-state index contributed by atoms with van der Waals surface area (Å²) in [4.78, 5) is 0. The Morgan fingerprint density at radius 2 is 1.80 bits per heavy atom. The molecule has 3 aromatic rings. The van der Waals surface area contributed by atoms with Crippen molar-refractivity contribution in [1.82, 2.24) is 9.78 Å². The Morgan fingerprint density at radius 1 is 1.05 bits per heavy atom. The van der Waals surface area contributed by atoms with Crippen molar-refractivity contribution in [3.8, 4) is 16.9 Å². The maximum Gasteiger partial charge on any atom is 0.127 e. The van der Waals surface area contributed by atoms with Crippen LogP contribution in [0.1, 0.15) is 5.56 Å². The van der Waals surface area contributed by atoms with E-state index in [0.717, 1.165) is 27.5 Å². The molecule has 0 aliphatic heterocycles. The molecule has 1 heterocycles. The minimum atomic E-state index is 0.612. The van der Waals surface area contributed by atoms with Gasteiger partial charge in [-0.05, 0) is 36.8 Å². The van der Waals surface area contributed by atoms with Gasteiger partial charge in [-0.1, -0.05) is 35.9 Å². The fraction of sp³-hybridized carbons (Fsp3) is 0.0625. The number of halogens is 1. The first-order chi connectivity index (χ1) is 9.65. The number of para-hydroxylation sites is 1. The number of aromatic nitrogens is 2. The van der Waals surface area contributed by atoms with Gasteiger partial charge in [0.05, 0.1) is 11.4 Å². The van der Waals surface area contributed by atoms with E-state index in [2.05, 4.69) is 5.10 Å². The molecule has 0 fully saturated rings. The minimum absolute atomic E-state index is 0.612. The molecule has 1 aromatic heterocycles. The number of rotatable bonds is 2. The Morgan fingerprint density at radius 3 is 2.50 bits per heavy atom. The highest BCUT2D eigenvalue weighted by molar-refractivity contribution is 6.30. The molecular formula is C16H14ClN3. The van der Waals surface area contributed by atoms with E-state index in [1.165, 1.54) is 0 Å². The molecule has 20 heavy (non-hydrogen) atoms. The molecule has 3 rings (SSSR count). The van der Waals surface area contributed by atoms with Crippen LogP contribution in [0.15, 0.2) is 54.6 Å². The third kappa shape index (κ3) is 2.28. The first kappa shape index (κ1) is 12.8. The van der Waals surface area contributed by atoms with Gasteiger partial charge in [-0.25, -0.2) is 4.68 Å². The van der Waals surface area contributed by atoms with Gasteiger partial charge in [-0.3, -0.25) is 0 Å². The second-order valence-electron chi connectivity index (χ2n) is 4.66. The molecule has 0 aliphatic carbocycles. The number of hydrogen-bond donors (Lipinski definition) is 1. The standard InChI is InChI=1S/C16H14ClN3/c1-11-9-12(17)7-8-14(11)15-10-16(18)20(19-15)13-5-3-2-4-6-13/h2-10H,18H2,1H3. The smallest absolute Gasteiger partial charge is 0.127 e. The molecule has 0 amide bonds. The Balaban J connectivity index is 2.09. The average molecular weight is 284 g/mol. The second kappa shape index (κ2) is 5.02. The Kier molecular flexibility index (Phi) is 3.20. The van der Waals surface area contributed by atoms with Crippen LogP contribution in [-0.4, -0.2) is 9.78 Å². The monoisotopic (exact) mass is 283 g/mol. The van der Waals surface area contributed by atoms with Crippen molar-refractivity contribution >= 4 is 17.4 Å². The van der Waals surface area contributed by atoms with Gasteiger partial charge in [0.25, 0.3) is 0 Å². The van der Waals surface area contributed by atoms with Crippen molar-refractivity contribution in [2.45, 2.75) is 6.92 Å². The third-order valence-corrected chi connectivity index (χ3v) is 3.44. The zero-order valence-electron chi connectivity index (χ0n) is 11.0. The van der Waals surface area contributed by atoms with Crippen LogP contribution in [0.3, 0.4) is 0 Å². The molecule has 4 heteroatoms. The van der Waals surface area contributed by atoms with Crippen molar-refractivity contribution in [2.24, 2.45) is 0 Å². The second-order valence-corrected chi connectivity index (χ2v) is 5.10. The lowest BCUT2D eigenvalue weighted by Gasteiger charge is -2.04. The number of aryl methyl sites for hydroxylation is 1. The van der Waals surface area contributed by atoms with Crippen LogP contribution in [0.4, 0.5) is 5.82 Å². The molecule has 0 atom stereocenters. The van der Waals surface area contributed by atoms with E-state index < -0.39 is 0 Å².